The van der Waals surface area contributed by atoms with E-state index in [0.29, 0.717) is 19.5 Å². The van der Waals surface area contributed by atoms with E-state index in [0.717, 1.165) is 6.42 Å². The second kappa shape index (κ2) is 7.83. The van der Waals surface area contributed by atoms with E-state index in [9.17, 15) is 9.59 Å². The molecule has 1 aromatic carbocycles. The summed E-state index contributed by atoms with van der Waals surface area (Å²) in [5.41, 5.74) is 2.39. The van der Waals surface area contributed by atoms with Gasteiger partial charge in [-0.05, 0) is 30.4 Å². The lowest BCUT2D eigenvalue weighted by Gasteiger charge is -2.19. The van der Waals surface area contributed by atoms with Crippen molar-refractivity contribution in [2.45, 2.75) is 38.6 Å². The second-order valence-corrected chi connectivity index (χ2v) is 7.73. The van der Waals surface area contributed by atoms with Gasteiger partial charge in [-0.15, -0.1) is 11.3 Å². The summed E-state index contributed by atoms with van der Waals surface area (Å²) in [4.78, 5) is 27.3. The molecule has 1 aromatic heterocycles. The molecule has 0 radical (unpaired) electrons. The average molecular weight is 356 g/mol. The van der Waals surface area contributed by atoms with Gasteiger partial charge in [0.15, 0.2) is 0 Å². The van der Waals surface area contributed by atoms with E-state index in [1.54, 1.807) is 11.3 Å². The van der Waals surface area contributed by atoms with E-state index in [1.165, 1.54) is 22.9 Å². The van der Waals surface area contributed by atoms with Crippen molar-refractivity contribution in [3.8, 4) is 0 Å². The molecule has 2 unspecified atom stereocenters. The minimum atomic E-state index is -0.0463. The van der Waals surface area contributed by atoms with Crippen molar-refractivity contribution in [2.75, 3.05) is 13.1 Å². The fourth-order valence-corrected chi connectivity index (χ4v) is 4.12. The van der Waals surface area contributed by atoms with Gasteiger partial charge in [0.1, 0.15) is 0 Å². The summed E-state index contributed by atoms with van der Waals surface area (Å²) in [7, 11) is 0. The van der Waals surface area contributed by atoms with Crippen LogP contribution in [0.15, 0.2) is 41.8 Å². The summed E-state index contributed by atoms with van der Waals surface area (Å²) in [6.07, 6.45) is 1.31. The highest BCUT2D eigenvalue weighted by molar-refractivity contribution is 7.09. The van der Waals surface area contributed by atoms with Crippen LogP contribution in [0.25, 0.3) is 0 Å². The number of rotatable bonds is 5. The average Bonchev–Trinajstić information content (AvgIpc) is 3.23. The third-order valence-corrected chi connectivity index (χ3v) is 5.67. The Morgan fingerprint density at radius 1 is 1.20 bits per heavy atom. The first kappa shape index (κ1) is 17.7. The van der Waals surface area contributed by atoms with Crippen LogP contribution >= 0.6 is 11.3 Å². The monoisotopic (exact) mass is 356 g/mol. The molecule has 132 valence electrons. The normalized spacial score (nSPS) is 19.8. The lowest BCUT2D eigenvalue weighted by Crippen LogP contribution is -2.39. The fourth-order valence-electron chi connectivity index (χ4n) is 3.41. The number of likely N-dealkylation sites (tertiary alicyclic amines) is 1. The van der Waals surface area contributed by atoms with Gasteiger partial charge >= 0.3 is 0 Å². The fraction of sp³-hybridized carbons (Fsp3) is 0.400. The van der Waals surface area contributed by atoms with Crippen LogP contribution in [0.2, 0.25) is 0 Å². The van der Waals surface area contributed by atoms with Gasteiger partial charge in [-0.25, -0.2) is 0 Å². The van der Waals surface area contributed by atoms with Gasteiger partial charge in [0.05, 0.1) is 6.04 Å². The Balaban J connectivity index is 1.68. The van der Waals surface area contributed by atoms with Crippen LogP contribution in [0, 0.1) is 6.92 Å². The zero-order valence-corrected chi connectivity index (χ0v) is 15.5. The molecule has 5 heteroatoms. The van der Waals surface area contributed by atoms with E-state index in [-0.39, 0.29) is 23.8 Å². The van der Waals surface area contributed by atoms with E-state index >= 15 is 0 Å². The van der Waals surface area contributed by atoms with Gasteiger partial charge in [-0.2, -0.15) is 0 Å². The molecular weight excluding hydrogens is 332 g/mol. The second-order valence-electron chi connectivity index (χ2n) is 6.70. The third-order valence-electron chi connectivity index (χ3n) is 4.73. The first-order chi connectivity index (χ1) is 12.0. The van der Waals surface area contributed by atoms with Crippen LogP contribution in [0.4, 0.5) is 0 Å². The topological polar surface area (TPSA) is 49.4 Å². The van der Waals surface area contributed by atoms with Crippen molar-refractivity contribution in [3.05, 3.63) is 57.8 Å². The van der Waals surface area contributed by atoms with E-state index in [1.807, 2.05) is 16.3 Å². The largest absolute Gasteiger partial charge is 0.351 e. The number of thiophene rings is 1. The predicted octanol–water partition coefficient (Wildman–Crippen LogP) is 3.12. The number of aryl methyl sites for hydroxylation is 2. The number of carbonyl (C=O) groups excluding carboxylic acids is 2. The summed E-state index contributed by atoms with van der Waals surface area (Å²) in [5, 5.41) is 5.07. The Labute approximate surface area is 152 Å². The molecule has 0 spiro atoms. The molecule has 2 heterocycles. The Hall–Kier alpha value is -2.14. The van der Waals surface area contributed by atoms with Crippen LogP contribution in [0.5, 0.6) is 0 Å². The molecule has 4 nitrogen and oxygen atoms in total. The molecule has 2 atom stereocenters. The zero-order valence-electron chi connectivity index (χ0n) is 14.7. The minimum Gasteiger partial charge on any atom is -0.351 e. The number of amides is 2. The molecule has 1 N–H and O–H groups in total. The quantitative estimate of drug-likeness (QED) is 0.895. The number of hydrogen-bond donors (Lipinski definition) is 1. The summed E-state index contributed by atoms with van der Waals surface area (Å²) in [5.74, 6) is 0.267. The number of benzene rings is 1. The number of hydrogen-bond acceptors (Lipinski definition) is 3. The minimum absolute atomic E-state index is 0.0223. The lowest BCUT2D eigenvalue weighted by molar-refractivity contribution is -0.130. The molecule has 1 aliphatic heterocycles. The van der Waals surface area contributed by atoms with E-state index in [4.69, 9.17) is 0 Å². The van der Waals surface area contributed by atoms with Crippen LogP contribution in [0.1, 0.15) is 35.3 Å². The summed E-state index contributed by atoms with van der Waals surface area (Å²) in [6.45, 7) is 4.84. The van der Waals surface area contributed by atoms with Gasteiger partial charge in [-0.1, -0.05) is 35.9 Å². The highest BCUT2D eigenvalue weighted by Gasteiger charge is 2.36. The van der Waals surface area contributed by atoms with Crippen molar-refractivity contribution < 1.29 is 9.59 Å². The molecule has 25 heavy (non-hydrogen) atoms. The van der Waals surface area contributed by atoms with Crippen molar-refractivity contribution in [2.24, 2.45) is 0 Å². The standard InChI is InChI=1S/C20H24N2O2S/c1-14-5-7-16(8-6-14)18-12-22(13-19(18)21-15(2)23)20(24)10-9-17-4-3-11-25-17/h3-8,11,18-19H,9-10,12-13H2,1-2H3,(H,21,23). The summed E-state index contributed by atoms with van der Waals surface area (Å²) in [6, 6.07) is 12.4. The maximum absolute atomic E-state index is 12.6. The Bertz CT molecular complexity index is 725. The zero-order chi connectivity index (χ0) is 17.8. The first-order valence-corrected chi connectivity index (χ1v) is 9.54. The summed E-state index contributed by atoms with van der Waals surface area (Å²) < 4.78 is 0. The first-order valence-electron chi connectivity index (χ1n) is 8.67. The lowest BCUT2D eigenvalue weighted by atomic mass is 9.93. The molecular formula is C20H24N2O2S. The van der Waals surface area contributed by atoms with E-state index < -0.39 is 0 Å². The van der Waals surface area contributed by atoms with Crippen molar-refractivity contribution in [3.63, 3.8) is 0 Å². The van der Waals surface area contributed by atoms with Gasteiger partial charge in [0.25, 0.3) is 0 Å². The van der Waals surface area contributed by atoms with Crippen LogP contribution in [0.3, 0.4) is 0 Å². The van der Waals surface area contributed by atoms with Gasteiger partial charge in [-0.3, -0.25) is 9.59 Å². The molecule has 0 saturated carbocycles. The van der Waals surface area contributed by atoms with Crippen molar-refractivity contribution in [1.29, 1.82) is 0 Å². The summed E-state index contributed by atoms with van der Waals surface area (Å²) >= 11 is 1.69. The molecule has 2 amide bonds. The van der Waals surface area contributed by atoms with Gasteiger partial charge < -0.3 is 10.2 Å². The highest BCUT2D eigenvalue weighted by atomic mass is 32.1. The third kappa shape index (κ3) is 4.48. The van der Waals surface area contributed by atoms with Gasteiger partial charge in [0, 0.05) is 37.2 Å². The smallest absolute Gasteiger partial charge is 0.223 e. The number of nitrogens with zero attached hydrogens (tertiary/aromatic N) is 1. The molecule has 1 saturated heterocycles. The number of carbonyl (C=O) groups is 2. The van der Waals surface area contributed by atoms with Crippen molar-refractivity contribution in [1.82, 2.24) is 10.2 Å². The maximum atomic E-state index is 12.6. The molecule has 0 bridgehead atoms. The van der Waals surface area contributed by atoms with Crippen LogP contribution in [-0.2, 0) is 16.0 Å². The molecule has 1 fully saturated rings. The molecule has 2 aromatic rings. The SMILES string of the molecule is CC(=O)NC1CN(C(=O)CCc2cccs2)CC1c1ccc(C)cc1. The Morgan fingerprint density at radius 2 is 1.96 bits per heavy atom. The maximum Gasteiger partial charge on any atom is 0.223 e. The van der Waals surface area contributed by atoms with Crippen LogP contribution < -0.4 is 5.32 Å². The van der Waals surface area contributed by atoms with Crippen LogP contribution in [-0.4, -0.2) is 35.8 Å². The molecule has 3 rings (SSSR count). The molecule has 0 aliphatic carbocycles. The number of nitrogens with one attached hydrogen (secondary N) is 1. The highest BCUT2D eigenvalue weighted by Crippen LogP contribution is 2.29. The van der Waals surface area contributed by atoms with Crippen molar-refractivity contribution >= 4 is 23.2 Å². The predicted molar refractivity (Wildman–Crippen MR) is 101 cm³/mol. The Morgan fingerprint density at radius 3 is 2.60 bits per heavy atom. The Kier molecular flexibility index (Phi) is 5.53. The van der Waals surface area contributed by atoms with E-state index in [2.05, 4.69) is 42.6 Å². The molecule has 1 aliphatic rings. The van der Waals surface area contributed by atoms with Gasteiger partial charge in [0.2, 0.25) is 11.8 Å².